The van der Waals surface area contributed by atoms with Crippen LogP contribution in [0, 0.1) is 5.82 Å². The summed E-state index contributed by atoms with van der Waals surface area (Å²) in [5.41, 5.74) is 2.38. The van der Waals surface area contributed by atoms with E-state index in [1.165, 1.54) is 12.1 Å². The van der Waals surface area contributed by atoms with Crippen molar-refractivity contribution in [3.8, 4) is 16.9 Å². The lowest BCUT2D eigenvalue weighted by Crippen LogP contribution is -2.32. The van der Waals surface area contributed by atoms with Crippen molar-refractivity contribution in [2.75, 3.05) is 0 Å². The number of benzene rings is 2. The summed E-state index contributed by atoms with van der Waals surface area (Å²) >= 11 is 0. The molecule has 2 aromatic carbocycles. The minimum absolute atomic E-state index is 0.00355. The van der Waals surface area contributed by atoms with Crippen molar-refractivity contribution in [2.45, 2.75) is 6.54 Å². The Hall–Kier alpha value is -2.18. The lowest BCUT2D eigenvalue weighted by atomic mass is 9.99. The zero-order valence-electron chi connectivity index (χ0n) is 11.0. The summed E-state index contributed by atoms with van der Waals surface area (Å²) in [6, 6.07) is 9.72. The van der Waals surface area contributed by atoms with Gasteiger partial charge in [0, 0.05) is 17.7 Å². The Bertz CT molecular complexity index is 831. The van der Waals surface area contributed by atoms with Gasteiger partial charge in [-0.1, -0.05) is 30.9 Å². The molecule has 0 amide bonds. The standard InChI is InChI=1S/C15H12FNO3S/c1-2-10-4-3-5-11(6-10)14-8-13(16)7-12-9-17-21(18,19)20-15(12)14/h2-8,17H,1,9H2. The molecule has 0 radical (unpaired) electrons. The van der Waals surface area contributed by atoms with Crippen LogP contribution in [0.2, 0.25) is 0 Å². The van der Waals surface area contributed by atoms with Gasteiger partial charge in [0.15, 0.2) is 5.75 Å². The summed E-state index contributed by atoms with van der Waals surface area (Å²) in [6.45, 7) is 3.69. The molecule has 1 aliphatic rings. The van der Waals surface area contributed by atoms with Crippen molar-refractivity contribution in [2.24, 2.45) is 0 Å². The smallest absolute Gasteiger partial charge is 0.370 e. The Balaban J connectivity index is 2.22. The maximum absolute atomic E-state index is 13.8. The molecule has 0 spiro atoms. The van der Waals surface area contributed by atoms with E-state index in [0.717, 1.165) is 5.56 Å². The van der Waals surface area contributed by atoms with Gasteiger partial charge < -0.3 is 4.18 Å². The van der Waals surface area contributed by atoms with Crippen LogP contribution in [0.3, 0.4) is 0 Å². The second kappa shape index (κ2) is 4.98. The van der Waals surface area contributed by atoms with Crippen LogP contribution in [-0.4, -0.2) is 8.42 Å². The molecule has 0 aliphatic carbocycles. The molecule has 0 bridgehead atoms. The molecular formula is C15H12FNO3S. The molecule has 21 heavy (non-hydrogen) atoms. The third kappa shape index (κ3) is 2.68. The first kappa shape index (κ1) is 13.8. The largest absolute Gasteiger partial charge is 0.382 e. The van der Waals surface area contributed by atoms with Crippen molar-refractivity contribution in [3.05, 3.63) is 59.9 Å². The van der Waals surface area contributed by atoms with E-state index in [2.05, 4.69) is 11.3 Å². The molecule has 0 fully saturated rings. The fourth-order valence-corrected chi connectivity index (χ4v) is 3.04. The van der Waals surface area contributed by atoms with E-state index in [1.54, 1.807) is 24.3 Å². The molecule has 0 unspecified atom stereocenters. The summed E-state index contributed by atoms with van der Waals surface area (Å²) < 4.78 is 44.1. The van der Waals surface area contributed by atoms with E-state index in [-0.39, 0.29) is 12.3 Å². The monoisotopic (exact) mass is 305 g/mol. The van der Waals surface area contributed by atoms with Crippen molar-refractivity contribution >= 4 is 16.4 Å². The van der Waals surface area contributed by atoms with Crippen molar-refractivity contribution in [3.63, 3.8) is 0 Å². The summed E-state index contributed by atoms with van der Waals surface area (Å²) in [5, 5.41) is 0. The highest BCUT2D eigenvalue weighted by molar-refractivity contribution is 7.85. The Morgan fingerprint density at radius 2 is 2.10 bits per heavy atom. The lowest BCUT2D eigenvalue weighted by molar-refractivity contribution is 0.452. The topological polar surface area (TPSA) is 55.4 Å². The first-order valence-electron chi connectivity index (χ1n) is 6.23. The van der Waals surface area contributed by atoms with Gasteiger partial charge in [0.05, 0.1) is 0 Å². The van der Waals surface area contributed by atoms with Gasteiger partial charge in [0.2, 0.25) is 0 Å². The molecule has 1 aliphatic heterocycles. The third-order valence-electron chi connectivity index (χ3n) is 3.20. The number of hydrogen-bond donors (Lipinski definition) is 1. The van der Waals surface area contributed by atoms with Crippen LogP contribution in [0.5, 0.6) is 5.75 Å². The van der Waals surface area contributed by atoms with Gasteiger partial charge in [-0.25, -0.2) is 4.39 Å². The maximum atomic E-state index is 13.8. The third-order valence-corrected chi connectivity index (χ3v) is 4.08. The van der Waals surface area contributed by atoms with Gasteiger partial charge in [0.25, 0.3) is 0 Å². The van der Waals surface area contributed by atoms with Gasteiger partial charge in [0.1, 0.15) is 5.82 Å². The summed E-state index contributed by atoms with van der Waals surface area (Å²) in [6.07, 6.45) is 1.66. The first-order valence-corrected chi connectivity index (χ1v) is 7.64. The molecule has 0 saturated heterocycles. The molecule has 4 nitrogen and oxygen atoms in total. The van der Waals surface area contributed by atoms with Crippen LogP contribution in [0.25, 0.3) is 17.2 Å². The summed E-state index contributed by atoms with van der Waals surface area (Å²) in [7, 11) is -3.85. The molecule has 0 saturated carbocycles. The van der Waals surface area contributed by atoms with E-state index in [1.807, 2.05) is 6.07 Å². The van der Waals surface area contributed by atoms with Crippen LogP contribution in [0.4, 0.5) is 4.39 Å². The molecule has 1 N–H and O–H groups in total. The zero-order valence-corrected chi connectivity index (χ0v) is 11.8. The molecule has 2 aromatic rings. The van der Waals surface area contributed by atoms with Crippen LogP contribution in [-0.2, 0) is 16.8 Å². The number of hydrogen-bond acceptors (Lipinski definition) is 3. The van der Waals surface area contributed by atoms with E-state index in [0.29, 0.717) is 16.7 Å². The predicted octanol–water partition coefficient (Wildman–Crippen LogP) is 2.86. The minimum Gasteiger partial charge on any atom is -0.370 e. The molecule has 6 heteroatoms. The lowest BCUT2D eigenvalue weighted by Gasteiger charge is -2.21. The normalized spacial score (nSPS) is 15.9. The van der Waals surface area contributed by atoms with Gasteiger partial charge in [-0.15, -0.1) is 0 Å². The van der Waals surface area contributed by atoms with E-state index in [9.17, 15) is 12.8 Å². The SMILES string of the molecule is C=Cc1cccc(-c2cc(F)cc3c2OS(=O)(=O)NC3)c1. The van der Waals surface area contributed by atoms with Crippen molar-refractivity contribution in [1.29, 1.82) is 0 Å². The van der Waals surface area contributed by atoms with Gasteiger partial charge >= 0.3 is 10.3 Å². The van der Waals surface area contributed by atoms with E-state index >= 15 is 0 Å². The Kier molecular flexibility index (Phi) is 3.27. The van der Waals surface area contributed by atoms with Crippen molar-refractivity contribution < 1.29 is 17.0 Å². The highest BCUT2D eigenvalue weighted by atomic mass is 32.2. The number of fused-ring (bicyclic) bond motifs is 1. The number of rotatable bonds is 2. The average Bonchev–Trinajstić information content (AvgIpc) is 2.46. The molecule has 0 aromatic heterocycles. The summed E-state index contributed by atoms with van der Waals surface area (Å²) in [4.78, 5) is 0. The van der Waals surface area contributed by atoms with Crippen LogP contribution in [0.15, 0.2) is 43.0 Å². The molecule has 1 heterocycles. The predicted molar refractivity (Wildman–Crippen MR) is 78.3 cm³/mol. The molecule has 3 rings (SSSR count). The maximum Gasteiger partial charge on any atom is 0.382 e. The highest BCUT2D eigenvalue weighted by Gasteiger charge is 2.26. The Morgan fingerprint density at radius 3 is 2.86 bits per heavy atom. The molecular weight excluding hydrogens is 293 g/mol. The van der Waals surface area contributed by atoms with Crippen LogP contribution < -0.4 is 8.91 Å². The van der Waals surface area contributed by atoms with Gasteiger partial charge in [-0.3, -0.25) is 0 Å². The highest BCUT2D eigenvalue weighted by Crippen LogP contribution is 2.37. The molecule has 0 atom stereocenters. The van der Waals surface area contributed by atoms with Gasteiger partial charge in [-0.2, -0.15) is 13.1 Å². The quantitative estimate of drug-likeness (QED) is 0.928. The van der Waals surface area contributed by atoms with Crippen LogP contribution in [0.1, 0.15) is 11.1 Å². The van der Waals surface area contributed by atoms with E-state index < -0.39 is 16.1 Å². The van der Waals surface area contributed by atoms with Crippen molar-refractivity contribution in [1.82, 2.24) is 4.72 Å². The van der Waals surface area contributed by atoms with E-state index in [4.69, 9.17) is 4.18 Å². The number of nitrogens with one attached hydrogen (secondary N) is 1. The second-order valence-corrected chi connectivity index (χ2v) is 5.99. The first-order chi connectivity index (χ1) is 9.98. The molecule has 108 valence electrons. The minimum atomic E-state index is -3.85. The summed E-state index contributed by atoms with van der Waals surface area (Å²) in [5.74, 6) is -0.284. The zero-order chi connectivity index (χ0) is 15.0. The van der Waals surface area contributed by atoms with Gasteiger partial charge in [-0.05, 0) is 29.3 Å². The average molecular weight is 305 g/mol. The Morgan fingerprint density at radius 1 is 1.29 bits per heavy atom. The fourth-order valence-electron chi connectivity index (χ4n) is 2.23. The fraction of sp³-hybridized carbons (Fsp3) is 0.0667. The Labute approximate surface area is 122 Å². The van der Waals surface area contributed by atoms with Crippen LogP contribution >= 0.6 is 0 Å². The number of halogens is 1. The second-order valence-electron chi connectivity index (χ2n) is 4.63.